The lowest BCUT2D eigenvalue weighted by Gasteiger charge is -2.44. The van der Waals surface area contributed by atoms with E-state index in [2.05, 4.69) is 5.32 Å². The number of piperazine rings is 1. The summed E-state index contributed by atoms with van der Waals surface area (Å²) in [6, 6.07) is 6.61. The van der Waals surface area contributed by atoms with Crippen molar-refractivity contribution in [3.8, 4) is 0 Å². The molecule has 1 saturated heterocycles. The van der Waals surface area contributed by atoms with Crippen molar-refractivity contribution in [2.45, 2.75) is 25.8 Å². The second kappa shape index (κ2) is 7.52. The number of hydrogen-bond donors (Lipinski definition) is 4. The number of anilines is 1. The molecule has 0 aromatic heterocycles. The Morgan fingerprint density at radius 1 is 1.27 bits per heavy atom. The molecule has 1 aliphatic heterocycles. The van der Waals surface area contributed by atoms with Crippen molar-refractivity contribution in [2.24, 2.45) is 5.73 Å². The average Bonchev–Trinajstić information content (AvgIpc) is 2.56. The molecule has 0 saturated carbocycles. The minimum atomic E-state index is -1.26. The SMILES string of the molecule is CC1(C)C(=O)N(C(=O)O)CCN1CCC(=O)Nc1ccc(C(=N)N)cc1. The summed E-state index contributed by atoms with van der Waals surface area (Å²) in [5, 5.41) is 19.1. The first-order valence-electron chi connectivity index (χ1n) is 8.17. The van der Waals surface area contributed by atoms with Gasteiger partial charge in [-0.25, -0.2) is 9.69 Å². The smallest absolute Gasteiger partial charge is 0.414 e. The van der Waals surface area contributed by atoms with Crippen LogP contribution in [0.3, 0.4) is 0 Å². The van der Waals surface area contributed by atoms with Crippen molar-refractivity contribution in [3.63, 3.8) is 0 Å². The van der Waals surface area contributed by atoms with Gasteiger partial charge in [0.2, 0.25) is 5.91 Å². The number of carboxylic acid groups (broad SMARTS) is 1. The summed E-state index contributed by atoms with van der Waals surface area (Å²) >= 11 is 0. The molecule has 140 valence electrons. The molecule has 0 atom stereocenters. The average molecular weight is 361 g/mol. The topological polar surface area (TPSA) is 140 Å². The minimum Gasteiger partial charge on any atom is -0.465 e. The third-order valence-corrected chi connectivity index (χ3v) is 4.47. The summed E-state index contributed by atoms with van der Waals surface area (Å²) in [4.78, 5) is 38.2. The third kappa shape index (κ3) is 4.17. The molecule has 5 N–H and O–H groups in total. The maximum absolute atomic E-state index is 12.3. The van der Waals surface area contributed by atoms with Crippen molar-refractivity contribution >= 4 is 29.4 Å². The predicted molar refractivity (Wildman–Crippen MR) is 96.1 cm³/mol. The van der Waals surface area contributed by atoms with Crippen molar-refractivity contribution < 1.29 is 19.5 Å². The molecule has 1 aliphatic rings. The summed E-state index contributed by atoms with van der Waals surface area (Å²) in [6.45, 7) is 4.12. The lowest BCUT2D eigenvalue weighted by molar-refractivity contribution is -0.146. The van der Waals surface area contributed by atoms with Gasteiger partial charge in [-0.2, -0.15) is 0 Å². The molecule has 0 bridgehead atoms. The monoisotopic (exact) mass is 361 g/mol. The first-order chi connectivity index (χ1) is 12.1. The van der Waals surface area contributed by atoms with E-state index in [1.54, 1.807) is 38.1 Å². The lowest BCUT2D eigenvalue weighted by atomic mass is 9.97. The molecule has 0 unspecified atom stereocenters. The highest BCUT2D eigenvalue weighted by Gasteiger charge is 2.43. The first-order valence-corrected chi connectivity index (χ1v) is 8.17. The van der Waals surface area contributed by atoms with Gasteiger partial charge in [0.25, 0.3) is 5.91 Å². The third-order valence-electron chi connectivity index (χ3n) is 4.47. The zero-order valence-electron chi connectivity index (χ0n) is 14.8. The number of benzene rings is 1. The molecule has 26 heavy (non-hydrogen) atoms. The van der Waals surface area contributed by atoms with E-state index in [1.165, 1.54) is 0 Å². The number of nitrogens with zero attached hydrogens (tertiary/aromatic N) is 2. The summed E-state index contributed by atoms with van der Waals surface area (Å²) < 4.78 is 0. The Kier molecular flexibility index (Phi) is 5.61. The van der Waals surface area contributed by atoms with Gasteiger partial charge in [-0.3, -0.25) is 19.9 Å². The molecule has 2 rings (SSSR count). The van der Waals surface area contributed by atoms with Gasteiger partial charge in [0.05, 0.1) is 5.54 Å². The number of hydrogen-bond acceptors (Lipinski definition) is 5. The van der Waals surface area contributed by atoms with E-state index in [4.69, 9.17) is 16.2 Å². The van der Waals surface area contributed by atoms with Crippen LogP contribution >= 0.6 is 0 Å². The number of amides is 3. The molecule has 9 nitrogen and oxygen atoms in total. The quantitative estimate of drug-likeness (QED) is 0.454. The molecule has 0 radical (unpaired) electrons. The summed E-state index contributed by atoms with van der Waals surface area (Å²) in [5.41, 5.74) is 5.56. The van der Waals surface area contributed by atoms with Crippen molar-refractivity contribution in [2.75, 3.05) is 25.0 Å². The Morgan fingerprint density at radius 3 is 2.42 bits per heavy atom. The summed E-state index contributed by atoms with van der Waals surface area (Å²) in [7, 11) is 0. The summed E-state index contributed by atoms with van der Waals surface area (Å²) in [6.07, 6.45) is -1.09. The van der Waals surface area contributed by atoms with Crippen LogP contribution in [0.2, 0.25) is 0 Å². The molecule has 0 aliphatic carbocycles. The van der Waals surface area contributed by atoms with Crippen molar-refractivity contribution in [1.82, 2.24) is 9.80 Å². The van der Waals surface area contributed by atoms with Crippen LogP contribution < -0.4 is 11.1 Å². The number of carbonyl (C=O) groups excluding carboxylic acids is 2. The lowest BCUT2D eigenvalue weighted by Crippen LogP contribution is -2.64. The second-order valence-corrected chi connectivity index (χ2v) is 6.57. The fraction of sp³-hybridized carbons (Fsp3) is 0.412. The van der Waals surface area contributed by atoms with Crippen molar-refractivity contribution in [3.05, 3.63) is 29.8 Å². The Labute approximate surface area is 151 Å². The van der Waals surface area contributed by atoms with Crippen LogP contribution in [0.4, 0.5) is 10.5 Å². The van der Waals surface area contributed by atoms with Gasteiger partial charge in [-0.15, -0.1) is 0 Å². The molecular weight excluding hydrogens is 338 g/mol. The van der Waals surface area contributed by atoms with Gasteiger partial charge in [0.1, 0.15) is 5.84 Å². The molecular formula is C17H23N5O4. The Morgan fingerprint density at radius 2 is 1.88 bits per heavy atom. The maximum atomic E-state index is 12.3. The fourth-order valence-corrected chi connectivity index (χ4v) is 2.83. The highest BCUT2D eigenvalue weighted by molar-refractivity contribution is 5.97. The number of nitrogen functional groups attached to an aromatic ring is 1. The molecule has 0 spiro atoms. The second-order valence-electron chi connectivity index (χ2n) is 6.57. The number of nitrogens with two attached hydrogens (primary N) is 1. The van der Waals surface area contributed by atoms with Crippen LogP contribution in [-0.4, -0.2) is 63.8 Å². The zero-order chi connectivity index (χ0) is 19.5. The highest BCUT2D eigenvalue weighted by atomic mass is 16.4. The van der Waals surface area contributed by atoms with E-state index in [0.29, 0.717) is 24.3 Å². The van der Waals surface area contributed by atoms with E-state index in [9.17, 15) is 14.4 Å². The van der Waals surface area contributed by atoms with Gasteiger partial charge in [0, 0.05) is 37.3 Å². The van der Waals surface area contributed by atoms with E-state index in [1.807, 2.05) is 4.90 Å². The zero-order valence-corrected chi connectivity index (χ0v) is 14.8. The van der Waals surface area contributed by atoms with Gasteiger partial charge in [-0.05, 0) is 38.1 Å². The Hall–Kier alpha value is -2.94. The van der Waals surface area contributed by atoms with Gasteiger partial charge >= 0.3 is 6.09 Å². The largest absolute Gasteiger partial charge is 0.465 e. The van der Waals surface area contributed by atoms with Crippen molar-refractivity contribution in [1.29, 1.82) is 5.41 Å². The molecule has 1 aromatic carbocycles. The fourth-order valence-electron chi connectivity index (χ4n) is 2.83. The Bertz CT molecular complexity index is 729. The van der Waals surface area contributed by atoms with Crippen LogP contribution in [0.1, 0.15) is 25.8 Å². The van der Waals surface area contributed by atoms with Gasteiger partial charge in [0.15, 0.2) is 0 Å². The Balaban J connectivity index is 1.91. The van der Waals surface area contributed by atoms with E-state index in [0.717, 1.165) is 4.90 Å². The number of nitrogens with one attached hydrogen (secondary N) is 2. The first kappa shape index (κ1) is 19.4. The van der Waals surface area contributed by atoms with Gasteiger partial charge in [-0.1, -0.05) is 0 Å². The van der Waals surface area contributed by atoms with Crippen LogP contribution in [-0.2, 0) is 9.59 Å². The maximum Gasteiger partial charge on any atom is 0.414 e. The van der Waals surface area contributed by atoms with E-state index >= 15 is 0 Å². The molecule has 9 heteroatoms. The number of rotatable bonds is 5. The normalized spacial score (nSPS) is 17.0. The van der Waals surface area contributed by atoms with E-state index in [-0.39, 0.29) is 24.7 Å². The summed E-state index contributed by atoms with van der Waals surface area (Å²) in [5.74, 6) is -0.753. The van der Waals surface area contributed by atoms with Crippen LogP contribution in [0.25, 0.3) is 0 Å². The molecule has 1 heterocycles. The molecule has 1 fully saturated rings. The van der Waals surface area contributed by atoms with Crippen LogP contribution in [0.5, 0.6) is 0 Å². The predicted octanol–water partition coefficient (Wildman–Crippen LogP) is 0.900. The highest BCUT2D eigenvalue weighted by Crippen LogP contribution is 2.23. The number of amidine groups is 1. The number of imide groups is 1. The standard InChI is InChI=1S/C17H23N5O4/c1-17(2)15(24)22(16(25)26)10-9-21(17)8-7-13(23)20-12-5-3-11(4-6-12)14(18)19/h3-6H,7-10H2,1-2H3,(H3,18,19)(H,20,23)(H,25,26). The van der Waals surface area contributed by atoms with Crippen LogP contribution in [0.15, 0.2) is 24.3 Å². The van der Waals surface area contributed by atoms with E-state index < -0.39 is 17.5 Å². The molecule has 1 aromatic rings. The number of carbonyl (C=O) groups is 3. The molecule has 3 amide bonds. The minimum absolute atomic E-state index is 0.0460. The van der Waals surface area contributed by atoms with Gasteiger partial charge < -0.3 is 16.2 Å². The van der Waals surface area contributed by atoms with Crippen LogP contribution in [0, 0.1) is 5.41 Å².